The molecule has 0 aromatic carbocycles. The van der Waals surface area contributed by atoms with Crippen LogP contribution in [0.15, 0.2) is 0 Å². The van der Waals surface area contributed by atoms with Crippen molar-refractivity contribution >= 4 is 29.0 Å². The van der Waals surface area contributed by atoms with Crippen LogP contribution in [-0.4, -0.2) is 16.5 Å². The van der Waals surface area contributed by atoms with Gasteiger partial charge < -0.3 is 0 Å². The van der Waals surface area contributed by atoms with Crippen LogP contribution in [0, 0.1) is 28.6 Å². The Hall–Kier alpha value is 0.250. The van der Waals surface area contributed by atoms with E-state index in [0.717, 1.165) is 12.8 Å². The smallest absolute Gasteiger partial charge is 0.141 e. The second-order valence-electron chi connectivity index (χ2n) is 6.88. The maximum Gasteiger partial charge on any atom is 0.141 e. The minimum absolute atomic E-state index is 0.0213. The average molecular weight is 261 g/mol. The summed E-state index contributed by atoms with van der Waals surface area (Å²) in [6, 6.07) is 0. The van der Waals surface area contributed by atoms with Crippen LogP contribution in [0.5, 0.6) is 0 Å². The van der Waals surface area contributed by atoms with Crippen LogP contribution in [-0.2, 0) is 4.79 Å². The molecular formula is C13H18Cl2O. The Balaban J connectivity index is 1.99. The van der Waals surface area contributed by atoms with Crippen molar-refractivity contribution in [3.05, 3.63) is 0 Å². The van der Waals surface area contributed by atoms with Gasteiger partial charge in [-0.3, -0.25) is 4.79 Å². The number of carbonyl (C=O) groups is 1. The number of alkyl halides is 2. The summed E-state index contributed by atoms with van der Waals surface area (Å²) in [7, 11) is 0. The van der Waals surface area contributed by atoms with Crippen LogP contribution in [0.3, 0.4) is 0 Å². The first-order valence-corrected chi connectivity index (χ1v) is 6.98. The van der Waals surface area contributed by atoms with Gasteiger partial charge in [0.05, 0.1) is 10.8 Å². The van der Waals surface area contributed by atoms with Crippen LogP contribution >= 0.6 is 23.2 Å². The molecule has 3 aliphatic carbocycles. The molecule has 0 bridgehead atoms. The Morgan fingerprint density at radius 2 is 1.81 bits per heavy atom. The second kappa shape index (κ2) is 2.98. The summed E-state index contributed by atoms with van der Waals surface area (Å²) in [5.41, 5.74) is 0.274. The molecule has 1 nitrogen and oxygen atoms in total. The molecule has 3 heteroatoms. The zero-order valence-corrected chi connectivity index (χ0v) is 11.5. The van der Waals surface area contributed by atoms with Crippen LogP contribution in [0.1, 0.15) is 33.6 Å². The number of ketones is 1. The van der Waals surface area contributed by atoms with Gasteiger partial charge in [0.1, 0.15) is 5.78 Å². The predicted molar refractivity (Wildman–Crippen MR) is 65.9 cm³/mol. The summed E-state index contributed by atoms with van der Waals surface area (Å²) < 4.78 is 0. The lowest BCUT2D eigenvalue weighted by Gasteiger charge is -2.53. The molecule has 6 atom stereocenters. The van der Waals surface area contributed by atoms with E-state index < -0.39 is 0 Å². The fraction of sp³-hybridized carbons (Fsp3) is 0.923. The third-order valence-electron chi connectivity index (χ3n) is 5.36. The van der Waals surface area contributed by atoms with E-state index in [4.69, 9.17) is 23.2 Å². The topological polar surface area (TPSA) is 17.1 Å². The van der Waals surface area contributed by atoms with E-state index in [1.807, 2.05) is 0 Å². The summed E-state index contributed by atoms with van der Waals surface area (Å²) >= 11 is 12.6. The van der Waals surface area contributed by atoms with Crippen molar-refractivity contribution in [3.63, 3.8) is 0 Å². The second-order valence-corrected chi connectivity index (χ2v) is 7.85. The van der Waals surface area contributed by atoms with Crippen LogP contribution in [0.4, 0.5) is 0 Å². The highest BCUT2D eigenvalue weighted by molar-refractivity contribution is 6.33. The maximum absolute atomic E-state index is 12.4. The SMILES string of the molecule is CC1(C)C[C@H]2C(=O)[C@@H]3C(Cl)C(Cl)[C@]3(C)[C@H]2C1. The molecule has 0 amide bonds. The van der Waals surface area contributed by atoms with E-state index in [1.54, 1.807) is 0 Å². The van der Waals surface area contributed by atoms with E-state index in [0.29, 0.717) is 17.1 Å². The van der Waals surface area contributed by atoms with E-state index >= 15 is 0 Å². The summed E-state index contributed by atoms with van der Waals surface area (Å²) in [5, 5.41) is -0.153. The monoisotopic (exact) mass is 260 g/mol. The van der Waals surface area contributed by atoms with Crippen molar-refractivity contribution in [3.8, 4) is 0 Å². The van der Waals surface area contributed by atoms with Gasteiger partial charge in [-0.2, -0.15) is 0 Å². The molecule has 0 aromatic heterocycles. The molecule has 3 saturated carbocycles. The molecule has 0 N–H and O–H groups in total. The minimum Gasteiger partial charge on any atom is -0.299 e. The van der Waals surface area contributed by atoms with Gasteiger partial charge in [-0.15, -0.1) is 23.2 Å². The number of Topliss-reactive ketones (excluding diaryl/α,β-unsaturated/α-hetero) is 1. The summed E-state index contributed by atoms with van der Waals surface area (Å²) in [6.45, 7) is 6.70. The minimum atomic E-state index is -0.132. The zero-order valence-electron chi connectivity index (χ0n) is 9.97. The van der Waals surface area contributed by atoms with Gasteiger partial charge in [-0.25, -0.2) is 0 Å². The largest absolute Gasteiger partial charge is 0.299 e. The van der Waals surface area contributed by atoms with E-state index in [9.17, 15) is 4.79 Å². The fourth-order valence-corrected chi connectivity index (χ4v) is 5.66. The summed E-state index contributed by atoms with van der Waals surface area (Å²) in [5.74, 6) is 1.13. The predicted octanol–water partition coefficient (Wildman–Crippen LogP) is 3.47. The summed E-state index contributed by atoms with van der Waals surface area (Å²) in [6.07, 6.45) is 2.15. The molecule has 0 spiro atoms. The van der Waals surface area contributed by atoms with Crippen molar-refractivity contribution in [1.29, 1.82) is 0 Å². The van der Waals surface area contributed by atoms with Crippen molar-refractivity contribution in [2.24, 2.45) is 28.6 Å². The Morgan fingerprint density at radius 1 is 1.19 bits per heavy atom. The van der Waals surface area contributed by atoms with Gasteiger partial charge in [0.15, 0.2) is 0 Å². The fourth-order valence-electron chi connectivity index (χ4n) is 4.55. The average Bonchev–Trinajstić information content (AvgIpc) is 2.60. The molecule has 0 heterocycles. The molecule has 3 aliphatic rings. The third-order valence-corrected chi connectivity index (χ3v) is 6.74. The van der Waals surface area contributed by atoms with Gasteiger partial charge >= 0.3 is 0 Å². The lowest BCUT2D eigenvalue weighted by Crippen LogP contribution is -2.59. The van der Waals surface area contributed by atoms with Gasteiger partial charge in [-0.05, 0) is 24.2 Å². The molecule has 3 fully saturated rings. The molecule has 0 aromatic rings. The number of carbonyl (C=O) groups excluding carboxylic acids is 1. The van der Waals surface area contributed by atoms with E-state index in [-0.39, 0.29) is 28.0 Å². The van der Waals surface area contributed by atoms with Crippen LogP contribution in [0.25, 0.3) is 0 Å². The number of hydrogen-bond acceptors (Lipinski definition) is 1. The molecule has 90 valence electrons. The Labute approximate surface area is 107 Å². The van der Waals surface area contributed by atoms with Crippen molar-refractivity contribution in [2.75, 3.05) is 0 Å². The molecule has 0 saturated heterocycles. The Kier molecular flexibility index (Phi) is 2.11. The highest BCUT2D eigenvalue weighted by Crippen LogP contribution is 2.70. The zero-order chi connectivity index (χ0) is 11.9. The quantitative estimate of drug-likeness (QED) is 0.610. The lowest BCUT2D eigenvalue weighted by atomic mass is 9.57. The number of rotatable bonds is 0. The maximum atomic E-state index is 12.4. The molecule has 3 rings (SSSR count). The molecule has 16 heavy (non-hydrogen) atoms. The van der Waals surface area contributed by atoms with Gasteiger partial charge in [0.25, 0.3) is 0 Å². The standard InChI is InChI=1S/C13H18Cl2O/c1-12(2)4-6-7(5-12)13(3)8(10(6)16)9(14)11(13)15/h6-9,11H,4-5H2,1-3H3/t6-,7+,8+,9?,11?,13-/m1/s1. The summed E-state index contributed by atoms with van der Waals surface area (Å²) in [4.78, 5) is 12.4. The first kappa shape index (κ1) is 11.3. The van der Waals surface area contributed by atoms with Crippen LogP contribution < -0.4 is 0 Å². The van der Waals surface area contributed by atoms with Crippen molar-refractivity contribution in [1.82, 2.24) is 0 Å². The Bertz CT molecular complexity index is 365. The highest BCUT2D eigenvalue weighted by atomic mass is 35.5. The third kappa shape index (κ3) is 1.07. The highest BCUT2D eigenvalue weighted by Gasteiger charge is 2.73. The van der Waals surface area contributed by atoms with Crippen LogP contribution in [0.2, 0.25) is 0 Å². The molecule has 0 radical (unpaired) electrons. The number of hydrogen-bond donors (Lipinski definition) is 0. The first-order valence-electron chi connectivity index (χ1n) is 6.11. The Morgan fingerprint density at radius 3 is 2.44 bits per heavy atom. The van der Waals surface area contributed by atoms with E-state index in [2.05, 4.69) is 20.8 Å². The molecule has 0 aliphatic heterocycles. The van der Waals surface area contributed by atoms with Gasteiger partial charge in [-0.1, -0.05) is 20.8 Å². The van der Waals surface area contributed by atoms with E-state index in [1.165, 1.54) is 0 Å². The number of halogens is 2. The normalized spacial score (nSPS) is 58.1. The lowest BCUT2D eigenvalue weighted by molar-refractivity contribution is -0.128. The van der Waals surface area contributed by atoms with Gasteiger partial charge in [0, 0.05) is 17.3 Å². The first-order chi connectivity index (χ1) is 7.29. The van der Waals surface area contributed by atoms with Crippen molar-refractivity contribution < 1.29 is 4.79 Å². The van der Waals surface area contributed by atoms with Gasteiger partial charge in [0.2, 0.25) is 0 Å². The van der Waals surface area contributed by atoms with Crippen molar-refractivity contribution in [2.45, 2.75) is 44.4 Å². The molecular weight excluding hydrogens is 243 g/mol. The molecule has 2 unspecified atom stereocenters. The number of fused-ring (bicyclic) bond motifs is 3.